The van der Waals surface area contributed by atoms with Gasteiger partial charge < -0.3 is 5.32 Å². The highest BCUT2D eigenvalue weighted by molar-refractivity contribution is 7.10. The standard InChI is InChI=1S/C15H25NS/c1-3-12-7-5-8-13(11-12)16-14(4-2)15-9-6-10-17-15/h6,9-10,12-14,16H,3-5,7-8,11H2,1-2H3. The molecule has 2 heteroatoms. The predicted molar refractivity (Wildman–Crippen MR) is 76.5 cm³/mol. The van der Waals surface area contributed by atoms with Crippen LogP contribution in [0.1, 0.15) is 63.3 Å². The lowest BCUT2D eigenvalue weighted by atomic mass is 9.84. The summed E-state index contributed by atoms with van der Waals surface area (Å²) in [6.45, 7) is 4.63. The summed E-state index contributed by atoms with van der Waals surface area (Å²) in [5.41, 5.74) is 0. The summed E-state index contributed by atoms with van der Waals surface area (Å²) in [6.07, 6.45) is 8.18. The molecule has 1 aromatic heterocycles. The second-order valence-corrected chi connectivity index (χ2v) is 6.26. The zero-order chi connectivity index (χ0) is 12.1. The van der Waals surface area contributed by atoms with Crippen LogP contribution in [0.15, 0.2) is 17.5 Å². The van der Waals surface area contributed by atoms with Crippen LogP contribution in [0.3, 0.4) is 0 Å². The SMILES string of the molecule is CCC1CCCC(NC(CC)c2cccs2)C1. The summed E-state index contributed by atoms with van der Waals surface area (Å²) in [6, 6.07) is 5.77. The molecule has 1 aliphatic rings. The van der Waals surface area contributed by atoms with E-state index in [4.69, 9.17) is 0 Å². The van der Waals surface area contributed by atoms with Gasteiger partial charge in [-0.25, -0.2) is 0 Å². The van der Waals surface area contributed by atoms with Gasteiger partial charge in [0.15, 0.2) is 0 Å². The molecule has 0 bridgehead atoms. The molecule has 0 spiro atoms. The van der Waals surface area contributed by atoms with Crippen molar-refractivity contribution in [3.8, 4) is 0 Å². The maximum atomic E-state index is 3.88. The van der Waals surface area contributed by atoms with Crippen molar-refractivity contribution in [3.05, 3.63) is 22.4 Å². The molecule has 1 heterocycles. The van der Waals surface area contributed by atoms with Crippen LogP contribution in [0, 0.1) is 5.92 Å². The van der Waals surface area contributed by atoms with Crippen LogP contribution in [0.2, 0.25) is 0 Å². The molecule has 1 N–H and O–H groups in total. The minimum Gasteiger partial charge on any atom is -0.306 e. The van der Waals surface area contributed by atoms with Gasteiger partial charge in [0.05, 0.1) is 0 Å². The van der Waals surface area contributed by atoms with E-state index in [9.17, 15) is 0 Å². The van der Waals surface area contributed by atoms with Crippen molar-refractivity contribution in [2.24, 2.45) is 5.92 Å². The van der Waals surface area contributed by atoms with Gasteiger partial charge >= 0.3 is 0 Å². The number of hydrogen-bond acceptors (Lipinski definition) is 2. The Morgan fingerprint density at radius 2 is 2.29 bits per heavy atom. The van der Waals surface area contributed by atoms with Gasteiger partial charge in [-0.15, -0.1) is 11.3 Å². The largest absolute Gasteiger partial charge is 0.306 e. The second-order valence-electron chi connectivity index (χ2n) is 5.28. The average molecular weight is 251 g/mol. The van der Waals surface area contributed by atoms with E-state index < -0.39 is 0 Å². The lowest BCUT2D eigenvalue weighted by Crippen LogP contribution is -2.36. The summed E-state index contributed by atoms with van der Waals surface area (Å²) in [7, 11) is 0. The topological polar surface area (TPSA) is 12.0 Å². The quantitative estimate of drug-likeness (QED) is 0.795. The molecule has 1 saturated carbocycles. The molecule has 0 amide bonds. The molecule has 17 heavy (non-hydrogen) atoms. The summed E-state index contributed by atoms with van der Waals surface area (Å²) >= 11 is 1.89. The summed E-state index contributed by atoms with van der Waals surface area (Å²) in [4.78, 5) is 1.51. The van der Waals surface area contributed by atoms with Gasteiger partial charge in [0, 0.05) is 17.0 Å². The Balaban J connectivity index is 1.90. The molecule has 2 rings (SSSR count). The van der Waals surface area contributed by atoms with Crippen LogP contribution < -0.4 is 5.32 Å². The normalized spacial score (nSPS) is 26.9. The fraction of sp³-hybridized carbons (Fsp3) is 0.733. The van der Waals surface area contributed by atoms with Crippen molar-refractivity contribution in [2.75, 3.05) is 0 Å². The Hall–Kier alpha value is -0.340. The van der Waals surface area contributed by atoms with Crippen molar-refractivity contribution in [1.29, 1.82) is 0 Å². The van der Waals surface area contributed by atoms with Gasteiger partial charge in [0.25, 0.3) is 0 Å². The Morgan fingerprint density at radius 1 is 1.41 bits per heavy atom. The van der Waals surface area contributed by atoms with Gasteiger partial charge in [0.2, 0.25) is 0 Å². The fourth-order valence-corrected chi connectivity index (χ4v) is 3.86. The molecule has 3 unspecified atom stereocenters. The van der Waals surface area contributed by atoms with E-state index in [1.54, 1.807) is 0 Å². The van der Waals surface area contributed by atoms with Gasteiger partial charge in [-0.05, 0) is 36.6 Å². The van der Waals surface area contributed by atoms with Crippen molar-refractivity contribution >= 4 is 11.3 Å². The first-order chi connectivity index (χ1) is 8.33. The van der Waals surface area contributed by atoms with E-state index in [-0.39, 0.29) is 0 Å². The Bertz CT molecular complexity index is 307. The molecule has 3 atom stereocenters. The molecule has 0 saturated heterocycles. The van der Waals surface area contributed by atoms with E-state index in [2.05, 4.69) is 36.7 Å². The third kappa shape index (κ3) is 3.56. The maximum Gasteiger partial charge on any atom is 0.0414 e. The van der Waals surface area contributed by atoms with Crippen LogP contribution in [0.25, 0.3) is 0 Å². The van der Waals surface area contributed by atoms with E-state index >= 15 is 0 Å². The molecule has 1 aromatic rings. The van der Waals surface area contributed by atoms with Crippen LogP contribution in [0.4, 0.5) is 0 Å². The number of nitrogens with one attached hydrogen (secondary N) is 1. The molecule has 1 nitrogen and oxygen atoms in total. The smallest absolute Gasteiger partial charge is 0.0414 e. The van der Waals surface area contributed by atoms with Crippen LogP contribution in [-0.2, 0) is 0 Å². The average Bonchev–Trinajstić information content (AvgIpc) is 2.90. The van der Waals surface area contributed by atoms with Crippen molar-refractivity contribution in [1.82, 2.24) is 5.32 Å². The summed E-state index contributed by atoms with van der Waals surface area (Å²) in [5.74, 6) is 0.960. The third-order valence-corrected chi connectivity index (χ3v) is 5.08. The number of rotatable bonds is 5. The fourth-order valence-electron chi connectivity index (χ4n) is 2.99. The lowest BCUT2D eigenvalue weighted by Gasteiger charge is -2.32. The number of thiophene rings is 1. The molecule has 1 aliphatic carbocycles. The lowest BCUT2D eigenvalue weighted by molar-refractivity contribution is 0.261. The first-order valence-electron chi connectivity index (χ1n) is 7.12. The monoisotopic (exact) mass is 251 g/mol. The Morgan fingerprint density at radius 3 is 2.94 bits per heavy atom. The minimum absolute atomic E-state index is 0.579. The zero-order valence-electron chi connectivity index (χ0n) is 11.1. The highest BCUT2D eigenvalue weighted by atomic mass is 32.1. The molecule has 0 aliphatic heterocycles. The van der Waals surface area contributed by atoms with Crippen molar-refractivity contribution in [2.45, 2.75) is 64.5 Å². The zero-order valence-corrected chi connectivity index (χ0v) is 11.9. The van der Waals surface area contributed by atoms with Crippen LogP contribution >= 0.6 is 11.3 Å². The van der Waals surface area contributed by atoms with Gasteiger partial charge in [0.1, 0.15) is 0 Å². The summed E-state index contributed by atoms with van der Waals surface area (Å²) < 4.78 is 0. The van der Waals surface area contributed by atoms with Gasteiger partial charge in [-0.2, -0.15) is 0 Å². The Labute approximate surface area is 110 Å². The first-order valence-corrected chi connectivity index (χ1v) is 8.00. The third-order valence-electron chi connectivity index (χ3n) is 4.09. The summed E-state index contributed by atoms with van der Waals surface area (Å²) in [5, 5.41) is 6.07. The van der Waals surface area contributed by atoms with Crippen LogP contribution in [0.5, 0.6) is 0 Å². The van der Waals surface area contributed by atoms with E-state index in [1.807, 2.05) is 11.3 Å². The second kappa shape index (κ2) is 6.55. The molecule has 0 aromatic carbocycles. The minimum atomic E-state index is 0.579. The molecule has 0 radical (unpaired) electrons. The number of hydrogen-bond donors (Lipinski definition) is 1. The highest BCUT2D eigenvalue weighted by Gasteiger charge is 2.23. The van der Waals surface area contributed by atoms with E-state index in [0.29, 0.717) is 6.04 Å². The Kier molecular flexibility index (Phi) is 5.05. The van der Waals surface area contributed by atoms with E-state index in [1.165, 1.54) is 43.4 Å². The molecular formula is C15H25NS. The molecule has 1 fully saturated rings. The molecular weight excluding hydrogens is 226 g/mol. The van der Waals surface area contributed by atoms with Crippen molar-refractivity contribution in [3.63, 3.8) is 0 Å². The van der Waals surface area contributed by atoms with E-state index in [0.717, 1.165) is 12.0 Å². The van der Waals surface area contributed by atoms with Gasteiger partial charge in [-0.3, -0.25) is 0 Å². The highest BCUT2D eigenvalue weighted by Crippen LogP contribution is 2.30. The maximum absolute atomic E-state index is 3.88. The molecule has 96 valence electrons. The van der Waals surface area contributed by atoms with Gasteiger partial charge in [-0.1, -0.05) is 39.2 Å². The van der Waals surface area contributed by atoms with Crippen LogP contribution in [-0.4, -0.2) is 6.04 Å². The predicted octanol–water partition coefficient (Wildman–Crippen LogP) is 4.76. The van der Waals surface area contributed by atoms with Crippen molar-refractivity contribution < 1.29 is 0 Å². The first kappa shape index (κ1) is 13.1.